The van der Waals surface area contributed by atoms with Gasteiger partial charge < -0.3 is 19.9 Å². The van der Waals surface area contributed by atoms with Crippen molar-refractivity contribution in [2.75, 3.05) is 20.8 Å². The van der Waals surface area contributed by atoms with Crippen LogP contribution in [0.25, 0.3) is 0 Å². The molecule has 2 rings (SSSR count). The van der Waals surface area contributed by atoms with E-state index in [1.54, 1.807) is 13.8 Å². The number of hydrogen-bond acceptors (Lipinski definition) is 8. The predicted molar refractivity (Wildman–Crippen MR) is 105 cm³/mol. The Labute approximate surface area is 182 Å². The van der Waals surface area contributed by atoms with Gasteiger partial charge in [0.25, 0.3) is 0 Å². The number of aliphatic carboxylic acids is 1. The summed E-state index contributed by atoms with van der Waals surface area (Å²) in [5.74, 6) is -4.25. The molecule has 1 fully saturated rings. The molecule has 0 saturated carbocycles. The maximum absolute atomic E-state index is 12.7. The number of methoxy groups -OCH3 is 2. The summed E-state index contributed by atoms with van der Waals surface area (Å²) in [6.07, 6.45) is -4.55. The highest BCUT2D eigenvalue weighted by molar-refractivity contribution is 7.92. The smallest absolute Gasteiger partial charge is 0.475 e. The van der Waals surface area contributed by atoms with Crippen molar-refractivity contribution >= 4 is 27.7 Å². The van der Waals surface area contributed by atoms with Crippen molar-refractivity contribution in [3.05, 3.63) is 29.3 Å². The normalized spacial score (nSPS) is 18.5. The molecule has 0 radical (unpaired) electrons. The number of hydrogen-bond donors (Lipinski definition) is 2. The van der Waals surface area contributed by atoms with Crippen LogP contribution in [0.3, 0.4) is 0 Å². The van der Waals surface area contributed by atoms with Gasteiger partial charge in [-0.1, -0.05) is 0 Å². The van der Waals surface area contributed by atoms with E-state index in [0.29, 0.717) is 18.5 Å². The summed E-state index contributed by atoms with van der Waals surface area (Å²) in [5.41, 5.74) is 0.627. The molecule has 32 heavy (non-hydrogen) atoms. The van der Waals surface area contributed by atoms with Crippen LogP contribution in [0.2, 0.25) is 0 Å². The molecule has 2 atom stereocenters. The molecule has 0 aromatic heterocycles. The molecule has 1 saturated heterocycles. The quantitative estimate of drug-likeness (QED) is 0.604. The standard InChI is InChI=1S/C17H23NO6S.C2HF3O2/c1-10(2)25(21,22)14-6-5-11(16(19)23-3)9-13(14)15-12(7-8-18-15)17(20)24-4;3-2(4,5)1(6)7/h5-6,9-10,12,15,18H,7-8H2,1-4H3;(H,6,7)/t12-,15-;/m0./s1. The third-order valence-electron chi connectivity index (χ3n) is 4.66. The SMILES string of the molecule is COC(=O)c1ccc(S(=O)(=O)C(C)C)c([C@H]2NCC[C@@H]2C(=O)OC)c1.O=C(O)C(F)(F)F. The molecule has 1 aromatic carbocycles. The van der Waals surface area contributed by atoms with Crippen LogP contribution in [0.4, 0.5) is 13.2 Å². The summed E-state index contributed by atoms with van der Waals surface area (Å²) in [6.45, 7) is 3.73. The van der Waals surface area contributed by atoms with Gasteiger partial charge in [-0.25, -0.2) is 18.0 Å². The molecule has 9 nitrogen and oxygen atoms in total. The van der Waals surface area contributed by atoms with Crippen molar-refractivity contribution in [3.8, 4) is 0 Å². The molecule has 180 valence electrons. The second-order valence-corrected chi connectivity index (χ2v) is 9.46. The molecule has 0 unspecified atom stereocenters. The Morgan fingerprint density at radius 2 is 1.72 bits per heavy atom. The van der Waals surface area contributed by atoms with E-state index in [9.17, 15) is 31.2 Å². The molecular weight excluding hydrogens is 459 g/mol. The van der Waals surface area contributed by atoms with E-state index in [4.69, 9.17) is 19.4 Å². The van der Waals surface area contributed by atoms with Crippen LogP contribution in [-0.2, 0) is 28.9 Å². The zero-order valence-electron chi connectivity index (χ0n) is 17.7. The third-order valence-corrected chi connectivity index (χ3v) is 6.89. The molecule has 13 heteroatoms. The van der Waals surface area contributed by atoms with Gasteiger partial charge in [0.2, 0.25) is 0 Å². The fraction of sp³-hybridized carbons (Fsp3) is 0.526. The number of nitrogens with one attached hydrogen (secondary N) is 1. The van der Waals surface area contributed by atoms with Gasteiger partial charge in [-0.05, 0) is 50.6 Å². The number of ether oxygens (including phenoxy) is 2. The van der Waals surface area contributed by atoms with Crippen molar-refractivity contribution in [3.63, 3.8) is 0 Å². The minimum Gasteiger partial charge on any atom is -0.475 e. The number of sulfone groups is 1. The van der Waals surface area contributed by atoms with Crippen molar-refractivity contribution in [2.24, 2.45) is 5.92 Å². The first kappa shape index (κ1) is 27.4. The van der Waals surface area contributed by atoms with Crippen LogP contribution in [-0.4, -0.2) is 63.6 Å². The largest absolute Gasteiger partial charge is 0.490 e. The van der Waals surface area contributed by atoms with Crippen LogP contribution in [0, 0.1) is 5.92 Å². The highest BCUT2D eigenvalue weighted by Gasteiger charge is 2.39. The van der Waals surface area contributed by atoms with Gasteiger partial charge >= 0.3 is 24.1 Å². The first-order chi connectivity index (χ1) is 14.7. The molecular formula is C19H24F3NO8S. The number of rotatable bonds is 5. The van der Waals surface area contributed by atoms with Crippen LogP contribution in [0.1, 0.15) is 42.2 Å². The van der Waals surface area contributed by atoms with Gasteiger partial charge in [0.05, 0.1) is 35.8 Å². The molecule has 0 amide bonds. The average Bonchev–Trinajstić information content (AvgIpc) is 3.21. The van der Waals surface area contributed by atoms with Crippen LogP contribution < -0.4 is 5.32 Å². The molecule has 0 aliphatic carbocycles. The number of halogens is 3. The van der Waals surface area contributed by atoms with Crippen molar-refractivity contribution < 1.29 is 50.6 Å². The Morgan fingerprint density at radius 3 is 2.16 bits per heavy atom. The highest BCUT2D eigenvalue weighted by Crippen LogP contribution is 2.36. The number of carbonyl (C=O) groups is 3. The van der Waals surface area contributed by atoms with E-state index in [2.05, 4.69) is 5.32 Å². The van der Waals surface area contributed by atoms with Gasteiger partial charge in [0.1, 0.15) is 0 Å². The summed E-state index contributed by atoms with van der Waals surface area (Å²) in [4.78, 5) is 32.9. The molecule has 1 aliphatic heterocycles. The van der Waals surface area contributed by atoms with Crippen molar-refractivity contribution in [1.82, 2.24) is 5.32 Å². The van der Waals surface area contributed by atoms with Crippen LogP contribution in [0.15, 0.2) is 23.1 Å². The van der Waals surface area contributed by atoms with Gasteiger partial charge in [-0.15, -0.1) is 0 Å². The predicted octanol–water partition coefficient (Wildman–Crippen LogP) is 2.11. The Morgan fingerprint density at radius 1 is 1.16 bits per heavy atom. The summed E-state index contributed by atoms with van der Waals surface area (Å²) >= 11 is 0. The lowest BCUT2D eigenvalue weighted by atomic mass is 9.93. The highest BCUT2D eigenvalue weighted by atomic mass is 32.2. The number of esters is 2. The number of alkyl halides is 3. The first-order valence-corrected chi connectivity index (χ1v) is 10.8. The molecule has 2 N–H and O–H groups in total. The molecule has 0 bridgehead atoms. The monoisotopic (exact) mass is 483 g/mol. The zero-order chi connectivity index (χ0) is 24.9. The van der Waals surface area contributed by atoms with Gasteiger partial charge in [-0.3, -0.25) is 4.79 Å². The Bertz CT molecular complexity index is 960. The summed E-state index contributed by atoms with van der Waals surface area (Å²) < 4.78 is 66.8. The molecule has 0 spiro atoms. The molecule has 1 heterocycles. The number of carboxylic acid groups (broad SMARTS) is 1. The second-order valence-electron chi connectivity index (χ2n) is 6.99. The van der Waals surface area contributed by atoms with E-state index in [1.807, 2.05) is 0 Å². The Hall–Kier alpha value is -2.67. The minimum absolute atomic E-state index is 0.114. The lowest BCUT2D eigenvalue weighted by Crippen LogP contribution is -2.27. The summed E-state index contributed by atoms with van der Waals surface area (Å²) in [5, 5.41) is 9.65. The molecule has 1 aromatic rings. The van der Waals surface area contributed by atoms with Crippen LogP contribution >= 0.6 is 0 Å². The van der Waals surface area contributed by atoms with E-state index >= 15 is 0 Å². The van der Waals surface area contributed by atoms with E-state index < -0.39 is 51.1 Å². The lowest BCUT2D eigenvalue weighted by molar-refractivity contribution is -0.192. The van der Waals surface area contributed by atoms with Gasteiger partial charge in [-0.2, -0.15) is 13.2 Å². The Balaban J connectivity index is 0.000000633. The lowest BCUT2D eigenvalue weighted by Gasteiger charge is -2.22. The second kappa shape index (κ2) is 10.8. The van der Waals surface area contributed by atoms with Gasteiger partial charge in [0, 0.05) is 6.04 Å². The number of carbonyl (C=O) groups excluding carboxylic acids is 2. The summed E-state index contributed by atoms with van der Waals surface area (Å²) in [6, 6.07) is 3.78. The fourth-order valence-corrected chi connectivity index (χ4v) is 4.26. The minimum atomic E-state index is -5.08. The van der Waals surface area contributed by atoms with E-state index in [1.165, 1.54) is 32.4 Å². The first-order valence-electron chi connectivity index (χ1n) is 9.25. The molecule has 1 aliphatic rings. The number of carboxylic acids is 1. The van der Waals surface area contributed by atoms with Crippen molar-refractivity contribution in [2.45, 2.75) is 42.6 Å². The van der Waals surface area contributed by atoms with Crippen LogP contribution in [0.5, 0.6) is 0 Å². The maximum Gasteiger partial charge on any atom is 0.490 e. The fourth-order valence-electron chi connectivity index (χ4n) is 2.98. The zero-order valence-corrected chi connectivity index (χ0v) is 18.5. The van der Waals surface area contributed by atoms with E-state index in [-0.39, 0.29) is 10.5 Å². The van der Waals surface area contributed by atoms with Crippen molar-refractivity contribution in [1.29, 1.82) is 0 Å². The summed E-state index contributed by atoms with van der Waals surface area (Å²) in [7, 11) is -1.04. The average molecular weight is 483 g/mol. The van der Waals surface area contributed by atoms with Gasteiger partial charge in [0.15, 0.2) is 9.84 Å². The topological polar surface area (TPSA) is 136 Å². The van der Waals surface area contributed by atoms with E-state index in [0.717, 1.165) is 0 Å². The maximum atomic E-state index is 12.7. The third kappa shape index (κ3) is 6.42. The Kier molecular flexibility index (Phi) is 9.21. The number of benzene rings is 1.